The predicted molar refractivity (Wildman–Crippen MR) is 102 cm³/mol. The molecular formula is C18H15Cl2F2O3P. The van der Waals surface area contributed by atoms with Gasteiger partial charge in [-0.2, -0.15) is 0 Å². The Kier molecular flexibility index (Phi) is 8.49. The Labute approximate surface area is 160 Å². The van der Waals surface area contributed by atoms with Crippen LogP contribution in [0.5, 0.6) is 0 Å². The lowest BCUT2D eigenvalue weighted by Crippen LogP contribution is -1.92. The SMILES string of the molecule is O=[PH](OC/C(F)=C/c1cccc(Cl)c1)OC/C(F)=C/c1cccc(Cl)c1. The summed E-state index contributed by atoms with van der Waals surface area (Å²) in [5.41, 5.74) is 1.07. The largest absolute Gasteiger partial charge is 0.319 e. The van der Waals surface area contributed by atoms with Crippen molar-refractivity contribution in [1.29, 1.82) is 0 Å². The lowest BCUT2D eigenvalue weighted by molar-refractivity contribution is 0.233. The maximum absolute atomic E-state index is 13.7. The maximum Gasteiger partial charge on any atom is 0.319 e. The molecule has 0 saturated heterocycles. The summed E-state index contributed by atoms with van der Waals surface area (Å²) in [7, 11) is -3.04. The van der Waals surface area contributed by atoms with Crippen molar-refractivity contribution in [3.63, 3.8) is 0 Å². The quantitative estimate of drug-likeness (QED) is 0.445. The standard InChI is InChI=1S/C18H15Cl2F2O3P/c19-15-5-1-3-13(7-15)9-17(21)11-24-26(23)25-12-18(22)10-14-4-2-6-16(20)8-14/h1-10,26H,11-12H2/b17-9-,18-10-. The molecule has 0 aliphatic rings. The van der Waals surface area contributed by atoms with Gasteiger partial charge in [0.15, 0.2) is 0 Å². The number of rotatable bonds is 8. The van der Waals surface area contributed by atoms with Crippen molar-refractivity contribution in [3.05, 3.63) is 81.4 Å². The molecule has 0 saturated carbocycles. The summed E-state index contributed by atoms with van der Waals surface area (Å²) in [6, 6.07) is 13.1. The summed E-state index contributed by atoms with van der Waals surface area (Å²) in [6.07, 6.45) is 2.39. The molecule has 2 aromatic rings. The summed E-state index contributed by atoms with van der Waals surface area (Å²) in [5.74, 6) is -1.33. The second kappa shape index (κ2) is 10.6. The van der Waals surface area contributed by atoms with E-state index in [0.29, 0.717) is 21.2 Å². The van der Waals surface area contributed by atoms with Gasteiger partial charge < -0.3 is 9.05 Å². The normalized spacial score (nSPS) is 12.7. The minimum atomic E-state index is -3.04. The summed E-state index contributed by atoms with van der Waals surface area (Å²) >= 11 is 11.6. The van der Waals surface area contributed by atoms with Gasteiger partial charge in [0, 0.05) is 10.0 Å². The Morgan fingerprint density at radius 3 is 1.69 bits per heavy atom. The minimum Gasteiger partial charge on any atom is -0.303 e. The smallest absolute Gasteiger partial charge is 0.303 e. The van der Waals surface area contributed by atoms with Gasteiger partial charge in [0.05, 0.1) is 0 Å². The van der Waals surface area contributed by atoms with Crippen LogP contribution < -0.4 is 0 Å². The highest BCUT2D eigenvalue weighted by Gasteiger charge is 2.06. The van der Waals surface area contributed by atoms with Crippen molar-refractivity contribution in [3.8, 4) is 0 Å². The van der Waals surface area contributed by atoms with Crippen molar-refractivity contribution in [2.45, 2.75) is 0 Å². The molecule has 0 spiro atoms. The molecule has 0 radical (unpaired) electrons. The molecule has 0 aliphatic heterocycles. The van der Waals surface area contributed by atoms with Gasteiger partial charge in [-0.05, 0) is 47.5 Å². The lowest BCUT2D eigenvalue weighted by atomic mass is 10.2. The summed E-state index contributed by atoms with van der Waals surface area (Å²) in [6.45, 7) is -1.10. The minimum absolute atomic E-state index is 0.464. The van der Waals surface area contributed by atoms with Crippen molar-refractivity contribution in [1.82, 2.24) is 0 Å². The Bertz CT molecular complexity index is 773. The highest BCUT2D eigenvalue weighted by Crippen LogP contribution is 2.27. The fraction of sp³-hybridized carbons (Fsp3) is 0.111. The second-order valence-corrected chi connectivity index (χ2v) is 7.07. The molecule has 3 nitrogen and oxygen atoms in total. The molecule has 0 aliphatic carbocycles. The highest BCUT2D eigenvalue weighted by molar-refractivity contribution is 7.33. The Morgan fingerprint density at radius 2 is 1.31 bits per heavy atom. The van der Waals surface area contributed by atoms with Crippen LogP contribution in [-0.4, -0.2) is 13.2 Å². The van der Waals surface area contributed by atoms with Crippen molar-refractivity contribution >= 4 is 43.6 Å². The van der Waals surface area contributed by atoms with Crippen LogP contribution in [0.2, 0.25) is 10.0 Å². The average molecular weight is 419 g/mol. The van der Waals surface area contributed by atoms with E-state index in [2.05, 4.69) is 0 Å². The van der Waals surface area contributed by atoms with E-state index in [-0.39, 0.29) is 0 Å². The van der Waals surface area contributed by atoms with E-state index in [1.54, 1.807) is 48.5 Å². The fourth-order valence-corrected chi connectivity index (χ4v) is 2.93. The van der Waals surface area contributed by atoms with Crippen LogP contribution in [0.25, 0.3) is 12.2 Å². The monoisotopic (exact) mass is 418 g/mol. The van der Waals surface area contributed by atoms with Crippen LogP contribution in [-0.2, 0) is 13.6 Å². The van der Waals surface area contributed by atoms with Crippen LogP contribution in [0.3, 0.4) is 0 Å². The van der Waals surface area contributed by atoms with Crippen LogP contribution in [0.15, 0.2) is 60.2 Å². The molecule has 0 N–H and O–H groups in total. The van der Waals surface area contributed by atoms with E-state index < -0.39 is 33.1 Å². The first-order valence-electron chi connectivity index (χ1n) is 7.45. The molecule has 0 bridgehead atoms. The van der Waals surface area contributed by atoms with Crippen LogP contribution in [0.4, 0.5) is 8.78 Å². The second-order valence-electron chi connectivity index (χ2n) is 5.12. The zero-order valence-electron chi connectivity index (χ0n) is 13.4. The zero-order chi connectivity index (χ0) is 18.9. The number of hydrogen-bond acceptors (Lipinski definition) is 3. The van der Waals surface area contributed by atoms with Gasteiger partial charge in [0.25, 0.3) is 0 Å². The molecule has 2 rings (SSSR count). The summed E-state index contributed by atoms with van der Waals surface area (Å²) in [5, 5.41) is 0.928. The maximum atomic E-state index is 13.7. The van der Waals surface area contributed by atoms with Gasteiger partial charge in [-0.15, -0.1) is 0 Å². The molecule has 138 valence electrons. The molecule has 2 aromatic carbocycles. The van der Waals surface area contributed by atoms with Gasteiger partial charge in [-0.1, -0.05) is 47.5 Å². The predicted octanol–water partition coefficient (Wildman–Crippen LogP) is 6.74. The first-order valence-corrected chi connectivity index (χ1v) is 9.43. The molecule has 0 fully saturated rings. The summed E-state index contributed by atoms with van der Waals surface area (Å²) in [4.78, 5) is 0. The topological polar surface area (TPSA) is 35.5 Å². The molecule has 0 amide bonds. The van der Waals surface area contributed by atoms with E-state index in [1.165, 1.54) is 12.2 Å². The third kappa shape index (κ3) is 7.81. The molecule has 0 atom stereocenters. The van der Waals surface area contributed by atoms with Crippen LogP contribution in [0.1, 0.15) is 11.1 Å². The lowest BCUT2D eigenvalue weighted by Gasteiger charge is -2.04. The highest BCUT2D eigenvalue weighted by atomic mass is 35.5. The van der Waals surface area contributed by atoms with Gasteiger partial charge in [0.1, 0.15) is 24.9 Å². The average Bonchev–Trinajstić information content (AvgIpc) is 2.58. The molecule has 0 unspecified atom stereocenters. The van der Waals surface area contributed by atoms with Gasteiger partial charge in [-0.3, -0.25) is 4.57 Å². The van der Waals surface area contributed by atoms with E-state index in [0.717, 1.165) is 0 Å². The summed E-state index contributed by atoms with van der Waals surface area (Å²) < 4.78 is 48.5. The molecule has 0 aromatic heterocycles. The Morgan fingerprint density at radius 1 is 0.885 bits per heavy atom. The van der Waals surface area contributed by atoms with Gasteiger partial charge in [-0.25, -0.2) is 8.78 Å². The van der Waals surface area contributed by atoms with Gasteiger partial charge in [0.2, 0.25) is 0 Å². The van der Waals surface area contributed by atoms with Crippen LogP contribution >= 0.6 is 31.5 Å². The van der Waals surface area contributed by atoms with E-state index >= 15 is 0 Å². The molecule has 8 heteroatoms. The van der Waals surface area contributed by atoms with Gasteiger partial charge >= 0.3 is 8.25 Å². The first-order chi connectivity index (χ1) is 12.4. The Hall–Kier alpha value is -1.49. The fourth-order valence-electron chi connectivity index (χ4n) is 1.94. The van der Waals surface area contributed by atoms with Crippen molar-refractivity contribution < 1.29 is 22.4 Å². The molecule has 0 heterocycles. The number of benzene rings is 2. The third-order valence-electron chi connectivity index (χ3n) is 3.00. The van der Waals surface area contributed by atoms with Crippen molar-refractivity contribution in [2.75, 3.05) is 13.2 Å². The Balaban J connectivity index is 1.79. The molecule has 26 heavy (non-hydrogen) atoms. The number of hydrogen-bond donors (Lipinski definition) is 0. The first kappa shape index (κ1) is 20.8. The zero-order valence-corrected chi connectivity index (χ0v) is 15.9. The van der Waals surface area contributed by atoms with Crippen LogP contribution in [0, 0.1) is 0 Å². The van der Waals surface area contributed by atoms with E-state index in [1.807, 2.05) is 0 Å². The van der Waals surface area contributed by atoms with E-state index in [9.17, 15) is 13.3 Å². The van der Waals surface area contributed by atoms with E-state index in [4.69, 9.17) is 32.2 Å². The third-order valence-corrected chi connectivity index (χ3v) is 4.23. The van der Waals surface area contributed by atoms with Crippen molar-refractivity contribution in [2.24, 2.45) is 0 Å². The number of halogens is 4. The molecular weight excluding hydrogens is 404 g/mol.